The van der Waals surface area contributed by atoms with E-state index >= 15 is 0 Å². The highest BCUT2D eigenvalue weighted by atomic mass is 14.1. The molecule has 0 heterocycles. The van der Waals surface area contributed by atoms with E-state index in [9.17, 15) is 0 Å². The molecule has 0 spiro atoms. The van der Waals surface area contributed by atoms with Gasteiger partial charge in [0.2, 0.25) is 0 Å². The molecule has 0 bridgehead atoms. The molecule has 0 aliphatic heterocycles. The highest BCUT2D eigenvalue weighted by Crippen LogP contribution is 2.30. The predicted molar refractivity (Wildman–Crippen MR) is 118 cm³/mol. The summed E-state index contributed by atoms with van der Waals surface area (Å²) < 4.78 is 0. The molecule has 0 fully saturated rings. The van der Waals surface area contributed by atoms with Gasteiger partial charge >= 0.3 is 0 Å². The molecule has 1 atom stereocenters. The van der Waals surface area contributed by atoms with Crippen molar-refractivity contribution in [1.29, 1.82) is 0 Å². The molecule has 0 heteroatoms. The SMILES string of the molecule is Cc1ccc(C)c(-c2ccc(-c3ccc(C4=CC(C)CC=C4)cc3)cc2)c1. The number of aryl methyl sites for hydroxylation is 2. The van der Waals surface area contributed by atoms with Gasteiger partial charge < -0.3 is 0 Å². The summed E-state index contributed by atoms with van der Waals surface area (Å²) in [6, 6.07) is 24.5. The minimum atomic E-state index is 0.627. The van der Waals surface area contributed by atoms with Crippen molar-refractivity contribution in [3.05, 3.63) is 102 Å². The van der Waals surface area contributed by atoms with Gasteiger partial charge in [0.15, 0.2) is 0 Å². The predicted octanol–water partition coefficient (Wildman–Crippen LogP) is 7.62. The molecule has 0 saturated heterocycles. The van der Waals surface area contributed by atoms with Crippen molar-refractivity contribution in [3.8, 4) is 22.3 Å². The fraction of sp³-hybridized carbons (Fsp3) is 0.185. The van der Waals surface area contributed by atoms with E-state index < -0.39 is 0 Å². The highest BCUT2D eigenvalue weighted by molar-refractivity contribution is 5.78. The van der Waals surface area contributed by atoms with Gasteiger partial charge in [-0.25, -0.2) is 0 Å². The summed E-state index contributed by atoms with van der Waals surface area (Å²) in [7, 11) is 0. The molecule has 1 aliphatic rings. The molecule has 27 heavy (non-hydrogen) atoms. The first-order valence-electron chi connectivity index (χ1n) is 9.77. The van der Waals surface area contributed by atoms with Crippen LogP contribution in [0.2, 0.25) is 0 Å². The Kier molecular flexibility index (Phi) is 4.81. The monoisotopic (exact) mass is 350 g/mol. The first-order valence-corrected chi connectivity index (χ1v) is 9.77. The molecule has 4 rings (SSSR count). The second-order valence-corrected chi connectivity index (χ2v) is 7.71. The topological polar surface area (TPSA) is 0 Å². The second-order valence-electron chi connectivity index (χ2n) is 7.71. The third-order valence-corrected chi connectivity index (χ3v) is 5.41. The van der Waals surface area contributed by atoms with Crippen LogP contribution in [0.5, 0.6) is 0 Å². The summed E-state index contributed by atoms with van der Waals surface area (Å²) in [5.74, 6) is 0.627. The quantitative estimate of drug-likeness (QED) is 0.456. The van der Waals surface area contributed by atoms with E-state index in [-0.39, 0.29) is 0 Å². The van der Waals surface area contributed by atoms with Crippen LogP contribution in [0.15, 0.2) is 85.0 Å². The third kappa shape index (κ3) is 3.80. The average Bonchev–Trinajstić information content (AvgIpc) is 2.70. The maximum Gasteiger partial charge on any atom is -0.0152 e. The minimum absolute atomic E-state index is 0.627. The summed E-state index contributed by atoms with van der Waals surface area (Å²) in [4.78, 5) is 0. The van der Waals surface area contributed by atoms with E-state index in [1.54, 1.807) is 0 Å². The van der Waals surface area contributed by atoms with Crippen molar-refractivity contribution in [2.45, 2.75) is 27.2 Å². The third-order valence-electron chi connectivity index (χ3n) is 5.41. The maximum absolute atomic E-state index is 2.37. The molecule has 3 aromatic rings. The highest BCUT2D eigenvalue weighted by Gasteiger charge is 2.07. The largest absolute Gasteiger partial charge is 0.0834 e. The molecule has 0 amide bonds. The second kappa shape index (κ2) is 7.40. The minimum Gasteiger partial charge on any atom is -0.0834 e. The van der Waals surface area contributed by atoms with E-state index in [1.807, 2.05) is 0 Å². The molecule has 0 N–H and O–H groups in total. The molecule has 0 nitrogen and oxygen atoms in total. The summed E-state index contributed by atoms with van der Waals surface area (Å²) in [5, 5.41) is 0. The average molecular weight is 351 g/mol. The summed E-state index contributed by atoms with van der Waals surface area (Å²) >= 11 is 0. The van der Waals surface area contributed by atoms with E-state index in [0.717, 1.165) is 6.42 Å². The Bertz CT molecular complexity index is 999. The summed E-state index contributed by atoms with van der Waals surface area (Å²) in [6.45, 7) is 6.60. The Hall–Kier alpha value is -2.86. The lowest BCUT2D eigenvalue weighted by molar-refractivity contribution is 0.740. The number of benzene rings is 3. The van der Waals surface area contributed by atoms with E-state index in [4.69, 9.17) is 0 Å². The lowest BCUT2D eigenvalue weighted by Gasteiger charge is -2.13. The zero-order valence-electron chi connectivity index (χ0n) is 16.4. The van der Waals surface area contributed by atoms with Crippen LogP contribution >= 0.6 is 0 Å². The summed E-state index contributed by atoms with van der Waals surface area (Å²) in [5.41, 5.74) is 10.4. The zero-order chi connectivity index (χ0) is 18.8. The first-order chi connectivity index (χ1) is 13.1. The van der Waals surface area contributed by atoms with E-state index in [0.29, 0.717) is 5.92 Å². The van der Waals surface area contributed by atoms with Crippen LogP contribution in [0, 0.1) is 19.8 Å². The van der Waals surface area contributed by atoms with Gasteiger partial charge in [-0.1, -0.05) is 97.4 Å². The Balaban J connectivity index is 1.59. The van der Waals surface area contributed by atoms with Gasteiger partial charge in [0, 0.05) is 0 Å². The van der Waals surface area contributed by atoms with Crippen LogP contribution in [0.1, 0.15) is 30.0 Å². The van der Waals surface area contributed by atoms with Crippen LogP contribution in [0.3, 0.4) is 0 Å². The van der Waals surface area contributed by atoms with Crippen LogP contribution in [-0.4, -0.2) is 0 Å². The molecule has 1 aliphatic carbocycles. The van der Waals surface area contributed by atoms with Crippen molar-refractivity contribution in [2.24, 2.45) is 5.92 Å². The Morgan fingerprint density at radius 2 is 1.30 bits per heavy atom. The molecule has 0 radical (unpaired) electrons. The van der Waals surface area contributed by atoms with Crippen molar-refractivity contribution < 1.29 is 0 Å². The van der Waals surface area contributed by atoms with Gasteiger partial charge in [-0.05, 0) is 65.1 Å². The number of allylic oxidation sites excluding steroid dienone is 4. The van der Waals surface area contributed by atoms with E-state index in [1.165, 1.54) is 44.5 Å². The lowest BCUT2D eigenvalue weighted by Crippen LogP contribution is -1.94. The Morgan fingerprint density at radius 3 is 1.93 bits per heavy atom. The van der Waals surface area contributed by atoms with Gasteiger partial charge in [0.25, 0.3) is 0 Å². The molecule has 3 aromatic carbocycles. The van der Waals surface area contributed by atoms with Crippen LogP contribution in [0.25, 0.3) is 27.8 Å². The van der Waals surface area contributed by atoms with Gasteiger partial charge in [0.05, 0.1) is 0 Å². The Morgan fingerprint density at radius 1 is 0.704 bits per heavy atom. The van der Waals surface area contributed by atoms with Gasteiger partial charge in [0.1, 0.15) is 0 Å². The maximum atomic E-state index is 2.37. The molecule has 134 valence electrons. The molecule has 1 unspecified atom stereocenters. The molecule has 0 saturated carbocycles. The van der Waals surface area contributed by atoms with Crippen molar-refractivity contribution in [2.75, 3.05) is 0 Å². The zero-order valence-corrected chi connectivity index (χ0v) is 16.4. The smallest absolute Gasteiger partial charge is 0.0152 e. The normalized spacial score (nSPS) is 16.3. The number of hydrogen-bond donors (Lipinski definition) is 0. The standard InChI is InChI=1S/C27H26/c1-19-5-4-6-26(17-19)24-11-9-22(10-12-24)23-13-15-25(16-14-23)27-18-20(2)7-8-21(27)3/h4,6-19H,5H2,1-3H3. The fourth-order valence-corrected chi connectivity index (χ4v) is 3.78. The molecular formula is C27H26. The van der Waals surface area contributed by atoms with Gasteiger partial charge in [-0.2, -0.15) is 0 Å². The fourth-order valence-electron chi connectivity index (χ4n) is 3.78. The molecule has 0 aromatic heterocycles. The van der Waals surface area contributed by atoms with Crippen molar-refractivity contribution in [3.63, 3.8) is 0 Å². The van der Waals surface area contributed by atoms with Crippen LogP contribution in [-0.2, 0) is 0 Å². The first kappa shape index (κ1) is 17.5. The van der Waals surface area contributed by atoms with Gasteiger partial charge in [-0.15, -0.1) is 0 Å². The number of rotatable bonds is 3. The van der Waals surface area contributed by atoms with Crippen LogP contribution in [0.4, 0.5) is 0 Å². The molecular weight excluding hydrogens is 324 g/mol. The number of hydrogen-bond acceptors (Lipinski definition) is 0. The van der Waals surface area contributed by atoms with Crippen molar-refractivity contribution >= 4 is 5.57 Å². The lowest BCUT2D eigenvalue weighted by atomic mass is 9.92. The van der Waals surface area contributed by atoms with Gasteiger partial charge in [-0.3, -0.25) is 0 Å². The van der Waals surface area contributed by atoms with Crippen LogP contribution < -0.4 is 0 Å². The van der Waals surface area contributed by atoms with E-state index in [2.05, 4.69) is 106 Å². The van der Waals surface area contributed by atoms with Crippen molar-refractivity contribution in [1.82, 2.24) is 0 Å². The Labute approximate surface area is 162 Å². The summed E-state index contributed by atoms with van der Waals surface area (Å²) in [6.07, 6.45) is 8.04.